The minimum absolute atomic E-state index is 0.117. The molecule has 2 N–H and O–H groups in total. The van der Waals surface area contributed by atoms with E-state index in [1.54, 1.807) is 6.92 Å². The Bertz CT molecular complexity index is 767. The zero-order chi connectivity index (χ0) is 23.0. The summed E-state index contributed by atoms with van der Waals surface area (Å²) in [5.41, 5.74) is 2.12. The lowest BCUT2D eigenvalue weighted by Gasteiger charge is -2.42. The number of hydrogen-bond acceptors (Lipinski definition) is 4. The maximum absolute atomic E-state index is 12.1. The molecular weight excluding hydrogens is 388 g/mol. The van der Waals surface area contributed by atoms with Gasteiger partial charge in [-0.05, 0) is 94.6 Å². The molecule has 174 valence electrons. The van der Waals surface area contributed by atoms with E-state index in [4.69, 9.17) is 4.74 Å². The summed E-state index contributed by atoms with van der Waals surface area (Å²) in [7, 11) is 0. The molecule has 0 aromatic carbocycles. The van der Waals surface area contributed by atoms with Gasteiger partial charge in [0.2, 0.25) is 0 Å². The van der Waals surface area contributed by atoms with E-state index in [0.29, 0.717) is 31.3 Å². The second-order valence-corrected chi connectivity index (χ2v) is 11.7. The van der Waals surface area contributed by atoms with Crippen LogP contribution in [0.2, 0.25) is 0 Å². The highest BCUT2D eigenvalue weighted by molar-refractivity contribution is 5.75. The molecule has 3 fully saturated rings. The molecule has 0 aromatic rings. The Hall–Kier alpha value is -1.39. The minimum atomic E-state index is -0.880. The highest BCUT2D eigenvalue weighted by Crippen LogP contribution is 2.58. The molecule has 3 aliphatic rings. The first-order valence-corrected chi connectivity index (χ1v) is 12.0. The Morgan fingerprint density at radius 2 is 1.97 bits per heavy atom. The van der Waals surface area contributed by atoms with Gasteiger partial charge in [-0.25, -0.2) is 0 Å². The molecular formula is C27H42O4. The average molecular weight is 431 g/mol. The van der Waals surface area contributed by atoms with Crippen LogP contribution in [-0.4, -0.2) is 34.5 Å². The SMILES string of the molecule is C=C1C(=CC=C2CCC[C@@]3(C)C2CC[C@@H]3CCOC(=O)C(C)(C)C)C[C@@](C)(O)C[C@@H]1O. The third-order valence-corrected chi connectivity index (χ3v) is 7.99. The number of aliphatic hydroxyl groups is 2. The molecule has 5 atom stereocenters. The fourth-order valence-electron chi connectivity index (χ4n) is 6.05. The molecule has 0 aliphatic heterocycles. The van der Waals surface area contributed by atoms with Crippen LogP contribution in [0.15, 0.2) is 35.5 Å². The van der Waals surface area contributed by atoms with Gasteiger partial charge < -0.3 is 14.9 Å². The molecule has 3 aliphatic carbocycles. The molecule has 1 unspecified atom stereocenters. The predicted molar refractivity (Wildman–Crippen MR) is 124 cm³/mol. The van der Waals surface area contributed by atoms with Crippen molar-refractivity contribution in [3.63, 3.8) is 0 Å². The van der Waals surface area contributed by atoms with E-state index in [2.05, 4.69) is 25.7 Å². The summed E-state index contributed by atoms with van der Waals surface area (Å²) in [4.78, 5) is 12.1. The number of fused-ring (bicyclic) bond motifs is 1. The second-order valence-electron chi connectivity index (χ2n) is 11.7. The molecule has 4 heteroatoms. The maximum Gasteiger partial charge on any atom is 0.311 e. The molecule has 4 nitrogen and oxygen atoms in total. The van der Waals surface area contributed by atoms with E-state index in [1.807, 2.05) is 20.8 Å². The van der Waals surface area contributed by atoms with Crippen LogP contribution in [0.4, 0.5) is 0 Å². The number of allylic oxidation sites excluding steroid dienone is 3. The van der Waals surface area contributed by atoms with Crippen LogP contribution in [0.5, 0.6) is 0 Å². The summed E-state index contributed by atoms with van der Waals surface area (Å²) in [6.07, 6.45) is 11.4. The van der Waals surface area contributed by atoms with Crippen molar-refractivity contribution in [1.82, 2.24) is 0 Å². The van der Waals surface area contributed by atoms with Crippen LogP contribution in [0, 0.1) is 22.7 Å². The van der Waals surface area contributed by atoms with Crippen LogP contribution in [0.25, 0.3) is 0 Å². The van der Waals surface area contributed by atoms with E-state index in [9.17, 15) is 15.0 Å². The number of carbonyl (C=O) groups excluding carboxylic acids is 1. The van der Waals surface area contributed by atoms with Crippen molar-refractivity contribution in [3.8, 4) is 0 Å². The zero-order valence-corrected chi connectivity index (χ0v) is 20.2. The molecule has 0 amide bonds. The summed E-state index contributed by atoms with van der Waals surface area (Å²) in [6.45, 7) is 14.5. The monoisotopic (exact) mass is 430 g/mol. The highest BCUT2D eigenvalue weighted by Gasteiger charge is 2.48. The van der Waals surface area contributed by atoms with E-state index < -0.39 is 17.1 Å². The number of aliphatic hydroxyl groups excluding tert-OH is 1. The van der Waals surface area contributed by atoms with Gasteiger partial charge in [-0.1, -0.05) is 31.2 Å². The quantitative estimate of drug-likeness (QED) is 0.578. The van der Waals surface area contributed by atoms with Crippen molar-refractivity contribution in [3.05, 3.63) is 35.5 Å². The van der Waals surface area contributed by atoms with Gasteiger partial charge in [0.15, 0.2) is 0 Å². The topological polar surface area (TPSA) is 66.8 Å². The van der Waals surface area contributed by atoms with E-state index >= 15 is 0 Å². The number of carbonyl (C=O) groups is 1. The number of esters is 1. The molecule has 3 rings (SSSR count). The standard InChI is InChI=1S/C27H42O4/c1-18-20(16-26(5,30)17-23(18)28)10-9-19-8-7-14-27(6)21(11-12-22(19)27)13-15-31-24(29)25(2,3)4/h9-10,21-23,28,30H,1,7-8,11-17H2,2-6H3/t21-,22?,23+,26-,27-/m1/s1. The Kier molecular flexibility index (Phi) is 6.93. The minimum Gasteiger partial charge on any atom is -0.465 e. The summed E-state index contributed by atoms with van der Waals surface area (Å²) < 4.78 is 5.57. The van der Waals surface area contributed by atoms with Crippen molar-refractivity contribution < 1.29 is 19.7 Å². The van der Waals surface area contributed by atoms with Crippen LogP contribution >= 0.6 is 0 Å². The molecule has 3 saturated carbocycles. The maximum atomic E-state index is 12.1. The molecule has 0 bridgehead atoms. The Morgan fingerprint density at radius 1 is 1.26 bits per heavy atom. The van der Waals surface area contributed by atoms with E-state index in [-0.39, 0.29) is 11.4 Å². The normalized spacial score (nSPS) is 39.1. The first kappa shape index (κ1) is 24.3. The van der Waals surface area contributed by atoms with Crippen molar-refractivity contribution >= 4 is 5.97 Å². The van der Waals surface area contributed by atoms with Gasteiger partial charge >= 0.3 is 5.97 Å². The third-order valence-electron chi connectivity index (χ3n) is 7.99. The first-order chi connectivity index (χ1) is 14.3. The Balaban J connectivity index is 1.69. The molecule has 31 heavy (non-hydrogen) atoms. The number of ether oxygens (including phenoxy) is 1. The molecule has 0 spiro atoms. The lowest BCUT2D eigenvalue weighted by Crippen LogP contribution is -2.36. The Morgan fingerprint density at radius 3 is 2.65 bits per heavy atom. The lowest BCUT2D eigenvalue weighted by molar-refractivity contribution is -0.153. The number of hydrogen-bond donors (Lipinski definition) is 2. The van der Waals surface area contributed by atoms with E-state index in [1.165, 1.54) is 31.3 Å². The van der Waals surface area contributed by atoms with Gasteiger partial charge in [0.1, 0.15) is 0 Å². The van der Waals surface area contributed by atoms with Crippen molar-refractivity contribution in [1.29, 1.82) is 0 Å². The smallest absolute Gasteiger partial charge is 0.311 e. The largest absolute Gasteiger partial charge is 0.465 e. The second kappa shape index (κ2) is 8.86. The fraction of sp³-hybridized carbons (Fsp3) is 0.741. The van der Waals surface area contributed by atoms with Crippen LogP contribution in [0.3, 0.4) is 0 Å². The van der Waals surface area contributed by atoms with Gasteiger partial charge in [0.05, 0.1) is 23.7 Å². The number of rotatable bonds is 4. The van der Waals surface area contributed by atoms with Crippen LogP contribution in [0.1, 0.15) is 86.0 Å². The molecule has 0 heterocycles. The summed E-state index contributed by atoms with van der Waals surface area (Å²) in [5, 5.41) is 20.7. The van der Waals surface area contributed by atoms with Gasteiger partial charge in [-0.15, -0.1) is 0 Å². The lowest BCUT2D eigenvalue weighted by atomic mass is 9.63. The third kappa shape index (κ3) is 5.34. The highest BCUT2D eigenvalue weighted by atomic mass is 16.5. The molecule has 0 radical (unpaired) electrons. The predicted octanol–water partition coefficient (Wildman–Crippen LogP) is 5.50. The van der Waals surface area contributed by atoms with Crippen molar-refractivity contribution in [2.75, 3.05) is 6.61 Å². The van der Waals surface area contributed by atoms with Gasteiger partial charge in [-0.3, -0.25) is 4.79 Å². The van der Waals surface area contributed by atoms with E-state index in [0.717, 1.165) is 24.0 Å². The molecule has 0 aromatic heterocycles. The van der Waals surface area contributed by atoms with Gasteiger partial charge in [-0.2, -0.15) is 0 Å². The summed E-state index contributed by atoms with van der Waals surface area (Å²) in [6, 6.07) is 0. The average Bonchev–Trinajstić information content (AvgIpc) is 2.99. The fourth-order valence-corrected chi connectivity index (χ4v) is 6.05. The zero-order valence-electron chi connectivity index (χ0n) is 20.2. The molecule has 0 saturated heterocycles. The van der Waals surface area contributed by atoms with Crippen LogP contribution < -0.4 is 0 Å². The van der Waals surface area contributed by atoms with Crippen molar-refractivity contribution in [2.24, 2.45) is 22.7 Å². The summed E-state index contributed by atoms with van der Waals surface area (Å²) >= 11 is 0. The Labute approximate surface area is 188 Å². The van der Waals surface area contributed by atoms with Crippen LogP contribution in [-0.2, 0) is 9.53 Å². The first-order valence-electron chi connectivity index (χ1n) is 12.0. The summed E-state index contributed by atoms with van der Waals surface area (Å²) in [5.74, 6) is 1.02. The van der Waals surface area contributed by atoms with Gasteiger partial charge in [0.25, 0.3) is 0 Å². The van der Waals surface area contributed by atoms with Crippen molar-refractivity contribution in [2.45, 2.75) is 97.7 Å². The van der Waals surface area contributed by atoms with Gasteiger partial charge in [0, 0.05) is 12.8 Å².